The van der Waals surface area contributed by atoms with Crippen molar-refractivity contribution in [1.82, 2.24) is 4.90 Å². The molecule has 3 N–H and O–H groups in total. The lowest BCUT2D eigenvalue weighted by Crippen LogP contribution is -2.40. The highest BCUT2D eigenvalue weighted by Gasteiger charge is 2.19. The Morgan fingerprint density at radius 1 is 1.22 bits per heavy atom. The summed E-state index contributed by atoms with van der Waals surface area (Å²) >= 11 is 0. The lowest BCUT2D eigenvalue weighted by Gasteiger charge is -2.22. The van der Waals surface area contributed by atoms with Crippen molar-refractivity contribution < 1.29 is 5.11 Å². The first-order valence-corrected chi connectivity index (χ1v) is 6.80. The van der Waals surface area contributed by atoms with Crippen LogP contribution in [0.2, 0.25) is 0 Å². The average molecular weight is 248 g/mol. The minimum atomic E-state index is -0.409. The molecule has 0 spiro atoms. The van der Waals surface area contributed by atoms with Crippen LogP contribution in [0.25, 0.3) is 0 Å². The molecule has 0 amide bonds. The van der Waals surface area contributed by atoms with Crippen molar-refractivity contribution in [2.75, 3.05) is 13.2 Å². The number of benzene rings is 1. The summed E-state index contributed by atoms with van der Waals surface area (Å²) in [5, 5.41) is 9.09. The Hall–Kier alpha value is -0.900. The second-order valence-electron chi connectivity index (χ2n) is 5.75. The van der Waals surface area contributed by atoms with E-state index in [2.05, 4.69) is 29.2 Å². The van der Waals surface area contributed by atoms with Crippen LogP contribution >= 0.6 is 0 Å². The summed E-state index contributed by atoms with van der Waals surface area (Å²) < 4.78 is 0. The van der Waals surface area contributed by atoms with Gasteiger partial charge in [-0.2, -0.15) is 0 Å². The van der Waals surface area contributed by atoms with Gasteiger partial charge in [0.15, 0.2) is 0 Å². The maximum atomic E-state index is 9.09. The summed E-state index contributed by atoms with van der Waals surface area (Å²) in [4.78, 5) is 2.48. The fourth-order valence-corrected chi connectivity index (χ4v) is 2.51. The number of nitrogens with zero attached hydrogens (tertiary/aromatic N) is 1. The molecular weight excluding hydrogens is 224 g/mol. The SMILES string of the molecule is CC(N)(CO)CCCCN1Cc2ccccc2C1. The number of unbranched alkanes of at least 4 members (excludes halogenated alkanes) is 1. The van der Waals surface area contributed by atoms with Gasteiger partial charge in [-0.25, -0.2) is 0 Å². The van der Waals surface area contributed by atoms with Gasteiger partial charge in [0.25, 0.3) is 0 Å². The summed E-state index contributed by atoms with van der Waals surface area (Å²) in [6.07, 6.45) is 3.13. The number of aliphatic hydroxyl groups excluding tert-OH is 1. The minimum absolute atomic E-state index is 0.0716. The molecule has 18 heavy (non-hydrogen) atoms. The summed E-state index contributed by atoms with van der Waals surface area (Å²) in [6.45, 7) is 5.27. The van der Waals surface area contributed by atoms with Crippen molar-refractivity contribution in [3.8, 4) is 0 Å². The predicted octanol–water partition coefficient (Wildman–Crippen LogP) is 1.88. The lowest BCUT2D eigenvalue weighted by molar-refractivity contribution is 0.193. The number of nitrogens with two attached hydrogens (primary N) is 1. The Balaban J connectivity index is 1.68. The summed E-state index contributed by atoms with van der Waals surface area (Å²) in [7, 11) is 0. The van der Waals surface area contributed by atoms with Gasteiger partial charge in [-0.15, -0.1) is 0 Å². The highest BCUT2D eigenvalue weighted by molar-refractivity contribution is 5.30. The van der Waals surface area contributed by atoms with Gasteiger partial charge in [-0.1, -0.05) is 30.7 Å². The van der Waals surface area contributed by atoms with Crippen molar-refractivity contribution in [2.45, 2.75) is 44.8 Å². The molecule has 0 saturated heterocycles. The molecule has 1 aliphatic rings. The smallest absolute Gasteiger partial charge is 0.0608 e. The molecule has 1 atom stereocenters. The molecule has 0 aliphatic carbocycles. The van der Waals surface area contributed by atoms with Crippen molar-refractivity contribution in [1.29, 1.82) is 0 Å². The van der Waals surface area contributed by atoms with Crippen LogP contribution in [0.5, 0.6) is 0 Å². The monoisotopic (exact) mass is 248 g/mol. The third-order valence-electron chi connectivity index (χ3n) is 3.74. The Morgan fingerprint density at radius 2 is 1.83 bits per heavy atom. The number of fused-ring (bicyclic) bond motifs is 1. The van der Waals surface area contributed by atoms with Gasteiger partial charge in [-0.05, 0) is 37.4 Å². The van der Waals surface area contributed by atoms with E-state index in [1.807, 2.05) is 6.92 Å². The van der Waals surface area contributed by atoms with Gasteiger partial charge in [0.05, 0.1) is 6.61 Å². The second kappa shape index (κ2) is 5.83. The van der Waals surface area contributed by atoms with Gasteiger partial charge in [0.1, 0.15) is 0 Å². The van der Waals surface area contributed by atoms with E-state index in [0.29, 0.717) is 0 Å². The van der Waals surface area contributed by atoms with Crippen LogP contribution in [0.4, 0.5) is 0 Å². The molecule has 3 nitrogen and oxygen atoms in total. The Labute approximate surface area is 110 Å². The molecule has 100 valence electrons. The van der Waals surface area contributed by atoms with Crippen LogP contribution in [0.15, 0.2) is 24.3 Å². The molecular formula is C15H24N2O. The van der Waals surface area contributed by atoms with E-state index in [-0.39, 0.29) is 6.61 Å². The number of hydrogen-bond acceptors (Lipinski definition) is 3. The van der Waals surface area contributed by atoms with Gasteiger partial charge in [0.2, 0.25) is 0 Å². The highest BCUT2D eigenvalue weighted by atomic mass is 16.3. The zero-order valence-electron chi connectivity index (χ0n) is 11.2. The summed E-state index contributed by atoms with van der Waals surface area (Å²) in [5.74, 6) is 0. The van der Waals surface area contributed by atoms with Crippen LogP contribution in [-0.4, -0.2) is 28.7 Å². The fraction of sp³-hybridized carbons (Fsp3) is 0.600. The largest absolute Gasteiger partial charge is 0.394 e. The van der Waals surface area contributed by atoms with E-state index in [9.17, 15) is 0 Å². The van der Waals surface area contributed by atoms with E-state index in [1.165, 1.54) is 11.1 Å². The molecule has 2 rings (SSSR count). The zero-order valence-corrected chi connectivity index (χ0v) is 11.2. The number of rotatable bonds is 6. The summed E-state index contributed by atoms with van der Waals surface area (Å²) in [5.41, 5.74) is 8.44. The minimum Gasteiger partial charge on any atom is -0.394 e. The topological polar surface area (TPSA) is 49.5 Å². The van der Waals surface area contributed by atoms with Crippen LogP contribution in [-0.2, 0) is 13.1 Å². The van der Waals surface area contributed by atoms with E-state index in [1.54, 1.807) is 0 Å². The van der Waals surface area contributed by atoms with E-state index in [0.717, 1.165) is 38.9 Å². The maximum absolute atomic E-state index is 9.09. The van der Waals surface area contributed by atoms with Crippen molar-refractivity contribution in [3.63, 3.8) is 0 Å². The Kier molecular flexibility index (Phi) is 4.38. The lowest BCUT2D eigenvalue weighted by atomic mass is 9.97. The first kappa shape index (κ1) is 13.5. The molecule has 1 aromatic rings. The molecule has 1 unspecified atom stereocenters. The van der Waals surface area contributed by atoms with Crippen LogP contribution in [0.1, 0.15) is 37.3 Å². The molecule has 3 heteroatoms. The van der Waals surface area contributed by atoms with Crippen molar-refractivity contribution >= 4 is 0 Å². The quantitative estimate of drug-likeness (QED) is 0.756. The van der Waals surface area contributed by atoms with E-state index in [4.69, 9.17) is 10.8 Å². The first-order chi connectivity index (χ1) is 8.61. The highest BCUT2D eigenvalue weighted by Crippen LogP contribution is 2.22. The van der Waals surface area contributed by atoms with Crippen LogP contribution in [0, 0.1) is 0 Å². The third kappa shape index (κ3) is 3.55. The Bertz CT molecular complexity index is 365. The van der Waals surface area contributed by atoms with E-state index < -0.39 is 5.54 Å². The van der Waals surface area contributed by atoms with Gasteiger partial charge < -0.3 is 10.8 Å². The third-order valence-corrected chi connectivity index (χ3v) is 3.74. The molecule has 0 fully saturated rings. The van der Waals surface area contributed by atoms with Gasteiger partial charge in [-0.3, -0.25) is 4.90 Å². The fourth-order valence-electron chi connectivity index (χ4n) is 2.51. The standard InChI is InChI=1S/C15H24N2O/c1-15(16,12-18)8-4-5-9-17-10-13-6-2-3-7-14(13)11-17/h2-3,6-7,18H,4-5,8-12,16H2,1H3. The van der Waals surface area contributed by atoms with Gasteiger partial charge in [0, 0.05) is 18.6 Å². The van der Waals surface area contributed by atoms with Crippen LogP contribution < -0.4 is 5.73 Å². The Morgan fingerprint density at radius 3 is 2.39 bits per heavy atom. The zero-order chi connectivity index (χ0) is 13.0. The van der Waals surface area contributed by atoms with Crippen LogP contribution in [0.3, 0.4) is 0 Å². The normalized spacial score (nSPS) is 18.6. The summed E-state index contributed by atoms with van der Waals surface area (Å²) in [6, 6.07) is 8.67. The molecule has 1 heterocycles. The van der Waals surface area contributed by atoms with Crippen molar-refractivity contribution in [2.24, 2.45) is 5.73 Å². The average Bonchev–Trinajstić information content (AvgIpc) is 2.77. The molecule has 1 aromatic carbocycles. The number of aliphatic hydroxyl groups is 1. The molecule has 0 saturated carbocycles. The molecule has 0 radical (unpaired) electrons. The predicted molar refractivity (Wildman–Crippen MR) is 74.1 cm³/mol. The maximum Gasteiger partial charge on any atom is 0.0608 e. The first-order valence-electron chi connectivity index (χ1n) is 6.80. The van der Waals surface area contributed by atoms with E-state index >= 15 is 0 Å². The van der Waals surface area contributed by atoms with Gasteiger partial charge >= 0.3 is 0 Å². The molecule has 0 aromatic heterocycles. The number of hydrogen-bond donors (Lipinski definition) is 2. The second-order valence-corrected chi connectivity index (χ2v) is 5.75. The molecule has 0 bridgehead atoms. The van der Waals surface area contributed by atoms with Crippen molar-refractivity contribution in [3.05, 3.63) is 35.4 Å². The molecule has 1 aliphatic heterocycles.